The van der Waals surface area contributed by atoms with E-state index < -0.39 is 0 Å². The minimum Gasteiger partial charge on any atom is -0.493 e. The van der Waals surface area contributed by atoms with Gasteiger partial charge in [-0.1, -0.05) is 12.1 Å². The van der Waals surface area contributed by atoms with Crippen LogP contribution < -0.4 is 14.8 Å². The number of rotatable bonds is 8. The minimum absolute atomic E-state index is 0. The van der Waals surface area contributed by atoms with Crippen LogP contribution in [0.4, 0.5) is 0 Å². The molecule has 1 aromatic carbocycles. The molecule has 0 spiro atoms. The zero-order valence-electron chi connectivity index (χ0n) is 15.8. The number of thiophene rings is 1. The highest BCUT2D eigenvalue weighted by Crippen LogP contribution is 2.27. The van der Waals surface area contributed by atoms with E-state index in [1.54, 1.807) is 25.6 Å². The van der Waals surface area contributed by atoms with Crippen LogP contribution in [-0.4, -0.2) is 52.3 Å². The fourth-order valence-corrected chi connectivity index (χ4v) is 3.28. The van der Waals surface area contributed by atoms with Crippen molar-refractivity contribution in [3.63, 3.8) is 0 Å². The first-order valence-electron chi connectivity index (χ1n) is 8.33. The molecular weight excluding hydrogens is 461 g/mol. The number of nitrogens with zero attached hydrogens (tertiary/aromatic N) is 2. The van der Waals surface area contributed by atoms with E-state index in [4.69, 9.17) is 9.47 Å². The molecular formula is C19H28IN3O2S. The van der Waals surface area contributed by atoms with Gasteiger partial charge >= 0.3 is 0 Å². The lowest BCUT2D eigenvalue weighted by Gasteiger charge is -2.22. The molecule has 5 nitrogen and oxygen atoms in total. The Morgan fingerprint density at radius 1 is 1.15 bits per heavy atom. The highest BCUT2D eigenvalue weighted by atomic mass is 127. The molecule has 0 atom stereocenters. The summed E-state index contributed by atoms with van der Waals surface area (Å²) in [7, 11) is 7.19. The third-order valence-corrected chi connectivity index (χ3v) is 4.93. The number of guanidine groups is 1. The second-order valence-electron chi connectivity index (χ2n) is 5.66. The SMILES string of the molecule is CN=C(NCCc1ccc(OC)c(OC)c1)N(C)CCc1cccs1.I. The number of aliphatic imine (C=N–C) groups is 1. The highest BCUT2D eigenvalue weighted by Gasteiger charge is 2.07. The van der Waals surface area contributed by atoms with E-state index in [1.807, 2.05) is 19.2 Å². The van der Waals surface area contributed by atoms with Crippen molar-refractivity contribution in [3.8, 4) is 11.5 Å². The third-order valence-electron chi connectivity index (χ3n) is 3.99. The molecule has 0 saturated carbocycles. The first-order valence-corrected chi connectivity index (χ1v) is 9.21. The number of halogens is 1. The van der Waals surface area contributed by atoms with Crippen molar-refractivity contribution in [3.05, 3.63) is 46.2 Å². The summed E-state index contributed by atoms with van der Waals surface area (Å²) in [6, 6.07) is 10.3. The number of benzene rings is 1. The summed E-state index contributed by atoms with van der Waals surface area (Å²) >= 11 is 1.80. The molecule has 2 rings (SSSR count). The molecule has 0 aliphatic carbocycles. The van der Waals surface area contributed by atoms with E-state index in [1.165, 1.54) is 10.4 Å². The molecule has 0 aliphatic rings. The lowest BCUT2D eigenvalue weighted by molar-refractivity contribution is 0.354. The Balaban J connectivity index is 0.00000338. The van der Waals surface area contributed by atoms with Gasteiger partial charge in [0, 0.05) is 32.1 Å². The number of methoxy groups -OCH3 is 2. The Hall–Kier alpha value is -1.48. The molecule has 1 heterocycles. The van der Waals surface area contributed by atoms with Gasteiger partial charge in [-0.05, 0) is 42.0 Å². The summed E-state index contributed by atoms with van der Waals surface area (Å²) in [6.45, 7) is 1.75. The molecule has 0 unspecified atom stereocenters. The summed E-state index contributed by atoms with van der Waals surface area (Å²) in [4.78, 5) is 7.93. The van der Waals surface area contributed by atoms with Crippen molar-refractivity contribution in [1.29, 1.82) is 0 Å². The molecule has 144 valence electrons. The van der Waals surface area contributed by atoms with Crippen molar-refractivity contribution >= 4 is 41.3 Å². The van der Waals surface area contributed by atoms with E-state index >= 15 is 0 Å². The molecule has 2 aromatic rings. The number of hydrogen-bond acceptors (Lipinski definition) is 4. The predicted octanol–water partition coefficient (Wildman–Crippen LogP) is 3.68. The van der Waals surface area contributed by atoms with Gasteiger partial charge in [0.05, 0.1) is 14.2 Å². The molecule has 0 bridgehead atoms. The van der Waals surface area contributed by atoms with Gasteiger partial charge in [-0.25, -0.2) is 0 Å². The number of hydrogen-bond donors (Lipinski definition) is 1. The quantitative estimate of drug-likeness (QED) is 0.349. The first-order chi connectivity index (χ1) is 12.2. The van der Waals surface area contributed by atoms with Gasteiger partial charge in [-0.3, -0.25) is 4.99 Å². The summed E-state index contributed by atoms with van der Waals surface area (Å²) < 4.78 is 10.6. The van der Waals surface area contributed by atoms with Gasteiger partial charge < -0.3 is 19.7 Å². The van der Waals surface area contributed by atoms with Gasteiger partial charge in [0.15, 0.2) is 17.5 Å². The van der Waals surface area contributed by atoms with Gasteiger partial charge in [0.2, 0.25) is 0 Å². The van der Waals surface area contributed by atoms with Crippen LogP contribution in [0.15, 0.2) is 40.7 Å². The van der Waals surface area contributed by atoms with E-state index in [-0.39, 0.29) is 24.0 Å². The Morgan fingerprint density at radius 2 is 1.92 bits per heavy atom. The van der Waals surface area contributed by atoms with E-state index in [0.29, 0.717) is 0 Å². The van der Waals surface area contributed by atoms with Crippen LogP contribution in [0.3, 0.4) is 0 Å². The Kier molecular flexibility index (Phi) is 10.4. The van der Waals surface area contributed by atoms with Gasteiger partial charge in [-0.15, -0.1) is 35.3 Å². The lowest BCUT2D eigenvalue weighted by Crippen LogP contribution is -2.40. The van der Waals surface area contributed by atoms with Gasteiger partial charge in [0.25, 0.3) is 0 Å². The summed E-state index contributed by atoms with van der Waals surface area (Å²) in [5.41, 5.74) is 1.20. The van der Waals surface area contributed by atoms with Crippen LogP contribution in [0.5, 0.6) is 11.5 Å². The average molecular weight is 489 g/mol. The number of nitrogens with one attached hydrogen (secondary N) is 1. The van der Waals surface area contributed by atoms with Crippen molar-refractivity contribution in [1.82, 2.24) is 10.2 Å². The van der Waals surface area contributed by atoms with Crippen LogP contribution in [0.1, 0.15) is 10.4 Å². The number of likely N-dealkylation sites (N-methyl/N-ethyl adjacent to an activating group) is 1. The summed E-state index contributed by atoms with van der Waals surface area (Å²) in [5.74, 6) is 2.43. The third kappa shape index (κ3) is 6.68. The molecule has 0 aliphatic heterocycles. The van der Waals surface area contributed by atoms with Crippen molar-refractivity contribution in [2.24, 2.45) is 4.99 Å². The van der Waals surface area contributed by atoms with Crippen molar-refractivity contribution in [2.45, 2.75) is 12.8 Å². The van der Waals surface area contributed by atoms with Crippen molar-refractivity contribution < 1.29 is 9.47 Å². The smallest absolute Gasteiger partial charge is 0.193 e. The van der Waals surface area contributed by atoms with Gasteiger partial charge in [-0.2, -0.15) is 0 Å². The molecule has 1 aromatic heterocycles. The summed E-state index contributed by atoms with van der Waals surface area (Å²) in [6.07, 6.45) is 1.92. The molecule has 26 heavy (non-hydrogen) atoms. The first kappa shape index (κ1) is 22.6. The monoisotopic (exact) mass is 489 g/mol. The largest absolute Gasteiger partial charge is 0.493 e. The molecule has 7 heteroatoms. The Labute approximate surface area is 177 Å². The molecule has 0 amide bonds. The minimum atomic E-state index is 0. The molecule has 1 N–H and O–H groups in total. The second-order valence-corrected chi connectivity index (χ2v) is 6.70. The zero-order valence-corrected chi connectivity index (χ0v) is 19.0. The van der Waals surface area contributed by atoms with Crippen LogP contribution in [0, 0.1) is 0 Å². The fraction of sp³-hybridized carbons (Fsp3) is 0.421. The van der Waals surface area contributed by atoms with E-state index in [0.717, 1.165) is 43.4 Å². The van der Waals surface area contributed by atoms with E-state index in [9.17, 15) is 0 Å². The molecule has 0 fully saturated rings. The van der Waals surface area contributed by atoms with Crippen LogP contribution in [0.2, 0.25) is 0 Å². The van der Waals surface area contributed by atoms with E-state index in [2.05, 4.69) is 45.8 Å². The van der Waals surface area contributed by atoms with Gasteiger partial charge in [0.1, 0.15) is 0 Å². The van der Waals surface area contributed by atoms with Crippen LogP contribution in [-0.2, 0) is 12.8 Å². The standard InChI is InChI=1S/C19H27N3O2S.HI/c1-20-19(22(2)12-10-16-6-5-13-25-16)21-11-9-15-7-8-17(23-3)18(14-15)24-4;/h5-8,13-14H,9-12H2,1-4H3,(H,20,21);1H. The van der Waals surface area contributed by atoms with Crippen LogP contribution in [0.25, 0.3) is 0 Å². The second kappa shape index (κ2) is 12.0. The highest BCUT2D eigenvalue weighted by molar-refractivity contribution is 14.0. The number of ether oxygens (including phenoxy) is 2. The normalized spacial score (nSPS) is 10.8. The maximum Gasteiger partial charge on any atom is 0.193 e. The maximum absolute atomic E-state index is 5.35. The lowest BCUT2D eigenvalue weighted by atomic mass is 10.1. The topological polar surface area (TPSA) is 46.1 Å². The molecule has 0 radical (unpaired) electrons. The zero-order chi connectivity index (χ0) is 18.1. The Morgan fingerprint density at radius 3 is 2.54 bits per heavy atom. The van der Waals surface area contributed by atoms with Crippen molar-refractivity contribution in [2.75, 3.05) is 41.4 Å². The summed E-state index contributed by atoms with van der Waals surface area (Å²) in [5, 5.41) is 5.54. The maximum atomic E-state index is 5.35. The fourth-order valence-electron chi connectivity index (χ4n) is 2.58. The Bertz CT molecular complexity index is 677. The average Bonchev–Trinajstić information content (AvgIpc) is 3.16. The predicted molar refractivity (Wildman–Crippen MR) is 121 cm³/mol. The van der Waals surface area contributed by atoms with Crippen LogP contribution >= 0.6 is 35.3 Å². The molecule has 0 saturated heterocycles.